The number of hydrogen-bond acceptors (Lipinski definition) is 5. The second-order valence-corrected chi connectivity index (χ2v) is 6.75. The normalized spacial score (nSPS) is 11.2. The third-order valence-electron chi connectivity index (χ3n) is 4.89. The molecule has 0 atom stereocenters. The van der Waals surface area contributed by atoms with E-state index in [0.29, 0.717) is 22.6 Å². The van der Waals surface area contributed by atoms with E-state index in [-0.39, 0.29) is 5.91 Å². The van der Waals surface area contributed by atoms with E-state index < -0.39 is 0 Å². The molecule has 2 aromatic carbocycles. The summed E-state index contributed by atoms with van der Waals surface area (Å²) in [5.41, 5.74) is 4.22. The van der Waals surface area contributed by atoms with E-state index in [1.165, 1.54) is 0 Å². The number of pyridine rings is 1. The second-order valence-electron chi connectivity index (χ2n) is 6.75. The number of para-hydroxylation sites is 1. The second kappa shape index (κ2) is 6.56. The molecule has 29 heavy (non-hydrogen) atoms. The Labute approximate surface area is 166 Å². The molecule has 0 fully saturated rings. The average Bonchev–Trinajstić information content (AvgIpc) is 3.38. The molecular weight excluding hydrogens is 366 g/mol. The highest BCUT2D eigenvalue weighted by molar-refractivity contribution is 6.05. The summed E-state index contributed by atoms with van der Waals surface area (Å²) in [4.78, 5) is 21.4. The van der Waals surface area contributed by atoms with Crippen LogP contribution in [-0.2, 0) is 7.05 Å². The van der Waals surface area contributed by atoms with Gasteiger partial charge in [-0.2, -0.15) is 5.10 Å². The minimum absolute atomic E-state index is 0.198. The van der Waals surface area contributed by atoms with Crippen molar-refractivity contribution < 1.29 is 9.21 Å². The molecule has 7 nitrogen and oxygen atoms in total. The highest BCUT2D eigenvalue weighted by Crippen LogP contribution is 2.32. The minimum Gasteiger partial charge on any atom is -0.436 e. The highest BCUT2D eigenvalue weighted by atomic mass is 16.3. The van der Waals surface area contributed by atoms with Gasteiger partial charge in [0.05, 0.1) is 17.5 Å². The van der Waals surface area contributed by atoms with Gasteiger partial charge in [0.1, 0.15) is 5.52 Å². The third-order valence-corrected chi connectivity index (χ3v) is 4.89. The molecule has 0 spiro atoms. The Balaban J connectivity index is 1.66. The van der Waals surface area contributed by atoms with Gasteiger partial charge in [0.25, 0.3) is 5.91 Å². The molecule has 1 N–H and O–H groups in total. The summed E-state index contributed by atoms with van der Waals surface area (Å²) in [6, 6.07) is 13.3. The maximum Gasteiger partial charge on any atom is 0.253 e. The zero-order chi connectivity index (χ0) is 20.0. The fourth-order valence-corrected chi connectivity index (χ4v) is 3.45. The van der Waals surface area contributed by atoms with Crippen molar-refractivity contribution in [3.63, 3.8) is 0 Å². The molecule has 0 aliphatic carbocycles. The van der Waals surface area contributed by atoms with Gasteiger partial charge in [0, 0.05) is 43.0 Å². The quantitative estimate of drug-likeness (QED) is 0.512. The summed E-state index contributed by atoms with van der Waals surface area (Å²) in [7, 11) is 3.47. The standard InChI is InChI=1S/C22H17N5O2/c1-23-21(28)16-7-4-8-19-20(16)26-22(29-19)15-6-3-5-13-9-18(24-11-17(13)15)14-10-25-27(2)12-14/h3-12H,1-2H3,(H,23,28). The van der Waals surface area contributed by atoms with E-state index in [1.807, 2.05) is 49.8 Å². The Morgan fingerprint density at radius 2 is 2.00 bits per heavy atom. The summed E-state index contributed by atoms with van der Waals surface area (Å²) < 4.78 is 7.73. The minimum atomic E-state index is -0.198. The molecule has 3 heterocycles. The van der Waals surface area contributed by atoms with Gasteiger partial charge >= 0.3 is 0 Å². The number of carbonyl (C=O) groups is 1. The lowest BCUT2D eigenvalue weighted by Gasteiger charge is -2.04. The van der Waals surface area contributed by atoms with Crippen molar-refractivity contribution in [3.05, 3.63) is 66.6 Å². The summed E-state index contributed by atoms with van der Waals surface area (Å²) in [6.07, 6.45) is 5.54. The molecule has 142 valence electrons. The maximum atomic E-state index is 12.1. The van der Waals surface area contributed by atoms with Gasteiger partial charge in [-0.1, -0.05) is 18.2 Å². The van der Waals surface area contributed by atoms with Crippen molar-refractivity contribution in [2.24, 2.45) is 7.05 Å². The Morgan fingerprint density at radius 1 is 1.14 bits per heavy atom. The van der Waals surface area contributed by atoms with E-state index in [0.717, 1.165) is 27.6 Å². The van der Waals surface area contributed by atoms with Crippen LogP contribution in [0.2, 0.25) is 0 Å². The van der Waals surface area contributed by atoms with Gasteiger partial charge in [-0.3, -0.25) is 14.5 Å². The first-order valence-electron chi connectivity index (χ1n) is 9.14. The van der Waals surface area contributed by atoms with Crippen LogP contribution in [-0.4, -0.2) is 32.7 Å². The number of amides is 1. The number of oxazole rings is 1. The monoisotopic (exact) mass is 383 g/mol. The van der Waals surface area contributed by atoms with Crippen LogP contribution in [0.5, 0.6) is 0 Å². The Morgan fingerprint density at radius 3 is 2.79 bits per heavy atom. The maximum absolute atomic E-state index is 12.1. The average molecular weight is 383 g/mol. The van der Waals surface area contributed by atoms with E-state index in [9.17, 15) is 4.79 Å². The van der Waals surface area contributed by atoms with Crippen LogP contribution in [0.15, 0.2) is 65.5 Å². The smallest absolute Gasteiger partial charge is 0.253 e. The van der Waals surface area contributed by atoms with Crippen LogP contribution in [0.4, 0.5) is 0 Å². The first-order valence-corrected chi connectivity index (χ1v) is 9.14. The van der Waals surface area contributed by atoms with Crippen molar-refractivity contribution in [2.75, 3.05) is 7.05 Å². The molecule has 0 saturated heterocycles. The van der Waals surface area contributed by atoms with Crippen LogP contribution in [0.1, 0.15) is 10.4 Å². The van der Waals surface area contributed by atoms with E-state index in [1.54, 1.807) is 30.1 Å². The van der Waals surface area contributed by atoms with Gasteiger partial charge in [0.2, 0.25) is 5.89 Å². The molecule has 3 aromatic heterocycles. The van der Waals surface area contributed by atoms with E-state index in [2.05, 4.69) is 20.4 Å². The predicted octanol–water partition coefficient (Wildman–Crippen LogP) is 3.80. The summed E-state index contributed by atoms with van der Waals surface area (Å²) in [6.45, 7) is 0. The molecule has 7 heteroatoms. The summed E-state index contributed by atoms with van der Waals surface area (Å²) in [5.74, 6) is 0.258. The molecular formula is C22H17N5O2. The molecule has 5 rings (SSSR count). The molecule has 5 aromatic rings. The lowest BCUT2D eigenvalue weighted by molar-refractivity contribution is 0.0964. The topological polar surface area (TPSA) is 85.8 Å². The highest BCUT2D eigenvalue weighted by Gasteiger charge is 2.17. The fourth-order valence-electron chi connectivity index (χ4n) is 3.45. The van der Waals surface area contributed by atoms with Crippen LogP contribution >= 0.6 is 0 Å². The SMILES string of the molecule is CNC(=O)c1cccc2oc(-c3cccc4cc(-c5cnn(C)c5)ncc34)nc12. The van der Waals surface area contributed by atoms with Crippen LogP contribution in [0.3, 0.4) is 0 Å². The van der Waals surface area contributed by atoms with Gasteiger partial charge in [-0.25, -0.2) is 4.98 Å². The van der Waals surface area contributed by atoms with Crippen LogP contribution in [0.25, 0.3) is 44.6 Å². The number of nitrogens with one attached hydrogen (secondary N) is 1. The van der Waals surface area contributed by atoms with Crippen LogP contribution in [0, 0.1) is 0 Å². The lowest BCUT2D eigenvalue weighted by Crippen LogP contribution is -2.18. The Kier molecular flexibility index (Phi) is 3.87. The van der Waals surface area contributed by atoms with Gasteiger partial charge < -0.3 is 9.73 Å². The van der Waals surface area contributed by atoms with Gasteiger partial charge in [-0.15, -0.1) is 0 Å². The number of fused-ring (bicyclic) bond motifs is 2. The van der Waals surface area contributed by atoms with Crippen molar-refractivity contribution in [2.45, 2.75) is 0 Å². The van der Waals surface area contributed by atoms with E-state index in [4.69, 9.17) is 4.42 Å². The molecule has 0 aliphatic heterocycles. The van der Waals surface area contributed by atoms with Crippen molar-refractivity contribution >= 4 is 27.8 Å². The summed E-state index contributed by atoms with van der Waals surface area (Å²) in [5, 5.41) is 8.79. The van der Waals surface area contributed by atoms with Crippen molar-refractivity contribution in [1.82, 2.24) is 25.1 Å². The predicted molar refractivity (Wildman–Crippen MR) is 110 cm³/mol. The van der Waals surface area contributed by atoms with Crippen molar-refractivity contribution in [3.8, 4) is 22.7 Å². The van der Waals surface area contributed by atoms with Crippen molar-refractivity contribution in [1.29, 1.82) is 0 Å². The Hall–Kier alpha value is -4.00. The van der Waals surface area contributed by atoms with E-state index >= 15 is 0 Å². The molecule has 0 radical (unpaired) electrons. The summed E-state index contributed by atoms with van der Waals surface area (Å²) >= 11 is 0. The molecule has 0 saturated carbocycles. The molecule has 0 aliphatic rings. The number of benzene rings is 2. The van der Waals surface area contributed by atoms with Gasteiger partial charge in [-0.05, 0) is 29.7 Å². The molecule has 0 unspecified atom stereocenters. The number of nitrogens with zero attached hydrogens (tertiary/aromatic N) is 4. The zero-order valence-corrected chi connectivity index (χ0v) is 15.9. The first kappa shape index (κ1) is 17.1. The number of aromatic nitrogens is 4. The number of hydrogen-bond donors (Lipinski definition) is 1. The largest absolute Gasteiger partial charge is 0.436 e. The number of aryl methyl sites for hydroxylation is 1. The zero-order valence-electron chi connectivity index (χ0n) is 15.9. The fraction of sp³-hybridized carbons (Fsp3) is 0.0909. The molecule has 0 bridgehead atoms. The van der Waals surface area contributed by atoms with Gasteiger partial charge in [0.15, 0.2) is 5.58 Å². The lowest BCUT2D eigenvalue weighted by atomic mass is 10.0. The molecule has 1 amide bonds. The first-order chi connectivity index (χ1) is 14.1. The number of carbonyl (C=O) groups excluding carboxylic acids is 1. The third kappa shape index (κ3) is 2.84. The number of rotatable bonds is 3. The van der Waals surface area contributed by atoms with Crippen LogP contribution < -0.4 is 5.32 Å². The Bertz CT molecular complexity index is 1380.